The van der Waals surface area contributed by atoms with Crippen molar-refractivity contribution in [3.8, 4) is 0 Å². The van der Waals surface area contributed by atoms with Gasteiger partial charge in [0.25, 0.3) is 0 Å². The molecule has 0 unspecified atom stereocenters. The Bertz CT molecular complexity index is 841. The quantitative estimate of drug-likeness (QED) is 0.782. The summed E-state index contributed by atoms with van der Waals surface area (Å²) in [6.07, 6.45) is 1.37. The van der Waals surface area contributed by atoms with E-state index in [1.807, 2.05) is 26.0 Å². The van der Waals surface area contributed by atoms with Gasteiger partial charge in [-0.25, -0.2) is 4.39 Å². The molecule has 0 bridgehead atoms. The van der Waals surface area contributed by atoms with Crippen molar-refractivity contribution in [1.82, 2.24) is 5.32 Å². The molecule has 0 saturated carbocycles. The van der Waals surface area contributed by atoms with E-state index in [-0.39, 0.29) is 23.7 Å². The molecule has 1 aliphatic heterocycles. The van der Waals surface area contributed by atoms with Crippen LogP contribution in [0.5, 0.6) is 0 Å². The summed E-state index contributed by atoms with van der Waals surface area (Å²) in [5.41, 5.74) is 1.58. The van der Waals surface area contributed by atoms with Gasteiger partial charge in [0.2, 0.25) is 11.8 Å². The summed E-state index contributed by atoms with van der Waals surface area (Å²) in [6.45, 7) is 4.80. The normalized spacial score (nSPS) is 15.7. The Hall–Kier alpha value is -2.73. The molecule has 1 fully saturated rings. The summed E-state index contributed by atoms with van der Waals surface area (Å²) >= 11 is 0. The van der Waals surface area contributed by atoms with E-state index >= 15 is 0 Å². The summed E-state index contributed by atoms with van der Waals surface area (Å²) in [5, 5.41) is 5.85. The van der Waals surface area contributed by atoms with E-state index < -0.39 is 5.41 Å². The molecule has 0 spiro atoms. The second kappa shape index (κ2) is 9.18. The molecule has 1 saturated heterocycles. The summed E-state index contributed by atoms with van der Waals surface area (Å²) in [7, 11) is 0. The molecule has 29 heavy (non-hydrogen) atoms. The van der Waals surface area contributed by atoms with Gasteiger partial charge in [0, 0.05) is 24.9 Å². The van der Waals surface area contributed by atoms with Crippen LogP contribution >= 0.6 is 0 Å². The predicted octanol–water partition coefficient (Wildman–Crippen LogP) is 3.58. The number of rotatable bonds is 6. The second-order valence-electron chi connectivity index (χ2n) is 7.75. The maximum absolute atomic E-state index is 13.4. The topological polar surface area (TPSA) is 67.4 Å². The van der Waals surface area contributed by atoms with Crippen molar-refractivity contribution in [3.63, 3.8) is 0 Å². The lowest BCUT2D eigenvalue weighted by Crippen LogP contribution is -2.44. The molecule has 3 rings (SSSR count). The minimum Gasteiger partial charge on any atom is -0.381 e. The van der Waals surface area contributed by atoms with Crippen molar-refractivity contribution in [1.29, 1.82) is 0 Å². The lowest BCUT2D eigenvalue weighted by atomic mass is 9.73. The Labute approximate surface area is 170 Å². The summed E-state index contributed by atoms with van der Waals surface area (Å²) in [6, 6.07) is 13.5. The van der Waals surface area contributed by atoms with Crippen molar-refractivity contribution in [3.05, 3.63) is 65.5 Å². The Morgan fingerprint density at radius 1 is 1.03 bits per heavy atom. The predicted molar refractivity (Wildman–Crippen MR) is 110 cm³/mol. The number of ether oxygens (including phenoxy) is 1. The van der Waals surface area contributed by atoms with Gasteiger partial charge in [-0.3, -0.25) is 9.59 Å². The third kappa shape index (κ3) is 5.21. The van der Waals surface area contributed by atoms with Crippen molar-refractivity contribution >= 4 is 17.5 Å². The first-order chi connectivity index (χ1) is 13.9. The van der Waals surface area contributed by atoms with E-state index in [1.165, 1.54) is 12.1 Å². The Morgan fingerprint density at radius 2 is 1.66 bits per heavy atom. The zero-order chi connectivity index (χ0) is 20.9. The highest BCUT2D eigenvalue weighted by atomic mass is 19.1. The van der Waals surface area contributed by atoms with Gasteiger partial charge in [-0.2, -0.15) is 0 Å². The number of hydrogen-bond donors (Lipinski definition) is 2. The molecule has 2 aromatic carbocycles. The monoisotopic (exact) mass is 398 g/mol. The number of carbonyl (C=O) groups excluding carboxylic acids is 2. The average molecular weight is 398 g/mol. The molecular weight excluding hydrogens is 371 g/mol. The molecule has 2 N–H and O–H groups in total. The number of nitrogens with one attached hydrogen (secondary N) is 2. The van der Waals surface area contributed by atoms with E-state index in [0.29, 0.717) is 38.2 Å². The standard InChI is InChI=1S/C23H27FN2O3/c1-16(2)25-21(27)15-17-3-9-20(10-4-17)26-22(28)23(11-13-29-14-12-23)18-5-7-19(24)8-6-18/h3-10,16H,11-15H2,1-2H3,(H,25,27)(H,26,28). The van der Waals surface area contributed by atoms with E-state index in [9.17, 15) is 14.0 Å². The van der Waals surface area contributed by atoms with Crippen LogP contribution in [0.15, 0.2) is 48.5 Å². The summed E-state index contributed by atoms with van der Waals surface area (Å²) in [4.78, 5) is 25.1. The van der Waals surface area contributed by atoms with Crippen LogP contribution in [0.4, 0.5) is 10.1 Å². The third-order valence-corrected chi connectivity index (χ3v) is 5.20. The van der Waals surface area contributed by atoms with E-state index in [0.717, 1.165) is 11.1 Å². The molecule has 2 aromatic rings. The molecule has 1 heterocycles. The second-order valence-corrected chi connectivity index (χ2v) is 7.75. The largest absolute Gasteiger partial charge is 0.381 e. The lowest BCUT2D eigenvalue weighted by molar-refractivity contribution is -0.125. The van der Waals surface area contributed by atoms with Gasteiger partial charge >= 0.3 is 0 Å². The van der Waals surface area contributed by atoms with Crippen LogP contribution in [0, 0.1) is 5.82 Å². The fourth-order valence-corrected chi connectivity index (χ4v) is 3.65. The molecule has 0 radical (unpaired) electrons. The van der Waals surface area contributed by atoms with Gasteiger partial charge in [0.05, 0.1) is 11.8 Å². The first kappa shape index (κ1) is 21.0. The maximum atomic E-state index is 13.4. The van der Waals surface area contributed by atoms with Crippen LogP contribution < -0.4 is 10.6 Å². The molecular formula is C23H27FN2O3. The minimum absolute atomic E-state index is 0.0331. The Kier molecular flexibility index (Phi) is 6.64. The van der Waals surface area contributed by atoms with Gasteiger partial charge in [0.15, 0.2) is 0 Å². The number of carbonyl (C=O) groups is 2. The number of halogens is 1. The van der Waals surface area contributed by atoms with Crippen LogP contribution in [0.2, 0.25) is 0 Å². The highest BCUT2D eigenvalue weighted by Gasteiger charge is 2.41. The fourth-order valence-electron chi connectivity index (χ4n) is 3.65. The maximum Gasteiger partial charge on any atom is 0.235 e. The van der Waals surface area contributed by atoms with Crippen molar-refractivity contribution < 1.29 is 18.7 Å². The van der Waals surface area contributed by atoms with Crippen molar-refractivity contribution in [2.45, 2.75) is 44.6 Å². The van der Waals surface area contributed by atoms with E-state index in [1.54, 1.807) is 24.3 Å². The third-order valence-electron chi connectivity index (χ3n) is 5.20. The summed E-state index contributed by atoms with van der Waals surface area (Å²) in [5.74, 6) is -0.486. The van der Waals surface area contributed by atoms with Gasteiger partial charge in [-0.15, -0.1) is 0 Å². The molecule has 0 aliphatic carbocycles. The molecule has 154 valence electrons. The first-order valence-electron chi connectivity index (χ1n) is 9.92. The highest BCUT2D eigenvalue weighted by Crippen LogP contribution is 2.36. The van der Waals surface area contributed by atoms with Crippen LogP contribution in [0.3, 0.4) is 0 Å². The van der Waals surface area contributed by atoms with Crippen LogP contribution in [-0.2, 0) is 26.2 Å². The number of amides is 2. The Morgan fingerprint density at radius 3 is 2.24 bits per heavy atom. The number of anilines is 1. The van der Waals surface area contributed by atoms with Crippen molar-refractivity contribution in [2.24, 2.45) is 0 Å². The van der Waals surface area contributed by atoms with Gasteiger partial charge in [-0.1, -0.05) is 24.3 Å². The zero-order valence-electron chi connectivity index (χ0n) is 16.8. The SMILES string of the molecule is CC(C)NC(=O)Cc1ccc(NC(=O)C2(c3ccc(F)cc3)CCOCC2)cc1. The number of hydrogen-bond acceptors (Lipinski definition) is 3. The minimum atomic E-state index is -0.748. The fraction of sp³-hybridized carbons (Fsp3) is 0.391. The van der Waals surface area contributed by atoms with E-state index in [4.69, 9.17) is 4.74 Å². The molecule has 0 atom stereocenters. The molecule has 6 heteroatoms. The van der Waals surface area contributed by atoms with Crippen LogP contribution in [0.1, 0.15) is 37.8 Å². The Balaban J connectivity index is 1.73. The van der Waals surface area contributed by atoms with Crippen molar-refractivity contribution in [2.75, 3.05) is 18.5 Å². The van der Waals surface area contributed by atoms with E-state index in [2.05, 4.69) is 10.6 Å². The summed E-state index contributed by atoms with van der Waals surface area (Å²) < 4.78 is 18.8. The average Bonchev–Trinajstić information content (AvgIpc) is 2.70. The van der Waals surface area contributed by atoms with Crippen LogP contribution in [0.25, 0.3) is 0 Å². The molecule has 5 nitrogen and oxygen atoms in total. The van der Waals surface area contributed by atoms with Gasteiger partial charge < -0.3 is 15.4 Å². The molecule has 0 aromatic heterocycles. The highest BCUT2D eigenvalue weighted by molar-refractivity contribution is 5.99. The molecule has 2 amide bonds. The van der Waals surface area contributed by atoms with Gasteiger partial charge in [-0.05, 0) is 62.1 Å². The van der Waals surface area contributed by atoms with Gasteiger partial charge in [0.1, 0.15) is 5.82 Å². The zero-order valence-corrected chi connectivity index (χ0v) is 16.8. The molecule has 1 aliphatic rings. The lowest BCUT2D eigenvalue weighted by Gasteiger charge is -2.36. The number of benzene rings is 2. The first-order valence-corrected chi connectivity index (χ1v) is 9.92. The van der Waals surface area contributed by atoms with Crippen LogP contribution in [-0.4, -0.2) is 31.1 Å². The smallest absolute Gasteiger partial charge is 0.235 e.